The highest BCUT2D eigenvalue weighted by Gasteiger charge is 2.17. The van der Waals surface area contributed by atoms with Crippen LogP contribution in [0.15, 0.2) is 24.3 Å². The molecule has 0 atom stereocenters. The lowest BCUT2D eigenvalue weighted by molar-refractivity contribution is -0.384. The summed E-state index contributed by atoms with van der Waals surface area (Å²) in [7, 11) is 0. The van der Waals surface area contributed by atoms with Gasteiger partial charge < -0.3 is 15.0 Å². The minimum absolute atomic E-state index is 0.0439. The molecule has 2 rings (SSSR count). The van der Waals surface area contributed by atoms with E-state index in [-0.39, 0.29) is 42.8 Å². The van der Waals surface area contributed by atoms with Crippen LogP contribution in [0.2, 0.25) is 0 Å². The zero-order chi connectivity index (χ0) is 16.7. The monoisotopic (exact) mass is 321 g/mol. The van der Waals surface area contributed by atoms with Crippen molar-refractivity contribution in [3.8, 4) is 5.75 Å². The Kier molecular flexibility index (Phi) is 5.90. The molecule has 1 aromatic carbocycles. The number of benzene rings is 1. The number of rotatable bonds is 7. The summed E-state index contributed by atoms with van der Waals surface area (Å²) in [6.07, 6.45) is 2.34. The fourth-order valence-corrected chi connectivity index (χ4v) is 2.32. The van der Waals surface area contributed by atoms with Crippen molar-refractivity contribution in [2.24, 2.45) is 0 Å². The number of carbonyl (C=O) groups excluding carboxylic acids is 2. The molecule has 0 bridgehead atoms. The topological polar surface area (TPSA) is 102 Å². The lowest BCUT2D eigenvalue weighted by Gasteiger charge is -2.15. The maximum Gasteiger partial charge on any atom is 0.273 e. The minimum Gasteiger partial charge on any atom is -0.484 e. The predicted octanol–water partition coefficient (Wildman–Crippen LogP) is 1.10. The maximum absolute atomic E-state index is 11.8. The molecular formula is C15H19N3O5. The number of non-ortho nitro benzene ring substituents is 1. The van der Waals surface area contributed by atoms with Gasteiger partial charge in [-0.05, 0) is 18.9 Å². The first-order chi connectivity index (χ1) is 11.1. The SMILES string of the molecule is O=C(COc1cccc([N+](=O)[O-])c1)NCCC(=O)N1CCCC1. The van der Waals surface area contributed by atoms with Crippen molar-refractivity contribution in [1.29, 1.82) is 0 Å². The van der Waals surface area contributed by atoms with Crippen molar-refractivity contribution in [2.75, 3.05) is 26.2 Å². The Hall–Kier alpha value is -2.64. The number of nitrogens with one attached hydrogen (secondary N) is 1. The van der Waals surface area contributed by atoms with Crippen molar-refractivity contribution >= 4 is 17.5 Å². The molecule has 124 valence electrons. The average Bonchev–Trinajstić information content (AvgIpc) is 3.07. The summed E-state index contributed by atoms with van der Waals surface area (Å²) in [6, 6.07) is 5.62. The van der Waals surface area contributed by atoms with Crippen LogP contribution < -0.4 is 10.1 Å². The first-order valence-electron chi connectivity index (χ1n) is 7.48. The van der Waals surface area contributed by atoms with Crippen LogP contribution >= 0.6 is 0 Å². The van der Waals surface area contributed by atoms with Crippen molar-refractivity contribution in [3.05, 3.63) is 34.4 Å². The maximum atomic E-state index is 11.8. The number of amides is 2. The number of carbonyl (C=O) groups is 2. The van der Waals surface area contributed by atoms with Gasteiger partial charge in [0, 0.05) is 32.1 Å². The lowest BCUT2D eigenvalue weighted by atomic mass is 10.3. The van der Waals surface area contributed by atoms with E-state index in [4.69, 9.17) is 4.74 Å². The number of nitrogens with zero attached hydrogens (tertiary/aromatic N) is 2. The number of hydrogen-bond acceptors (Lipinski definition) is 5. The molecule has 8 heteroatoms. The van der Waals surface area contributed by atoms with Gasteiger partial charge in [-0.1, -0.05) is 6.07 Å². The largest absolute Gasteiger partial charge is 0.484 e. The Bertz CT molecular complexity index is 584. The molecule has 1 N–H and O–H groups in total. The second kappa shape index (κ2) is 8.11. The quantitative estimate of drug-likeness (QED) is 0.598. The number of hydrogen-bond donors (Lipinski definition) is 1. The third kappa shape index (κ3) is 5.24. The highest BCUT2D eigenvalue weighted by atomic mass is 16.6. The molecule has 0 saturated carbocycles. The standard InChI is InChI=1S/C15H19N3O5/c19-14(16-7-6-15(20)17-8-1-2-9-17)11-23-13-5-3-4-12(10-13)18(21)22/h3-5,10H,1-2,6-9,11H2,(H,16,19). The Morgan fingerprint density at radius 2 is 2.04 bits per heavy atom. The molecule has 0 radical (unpaired) electrons. The molecule has 0 spiro atoms. The van der Waals surface area contributed by atoms with E-state index in [0.29, 0.717) is 0 Å². The third-order valence-electron chi connectivity index (χ3n) is 3.52. The van der Waals surface area contributed by atoms with Crippen LogP contribution in [0.25, 0.3) is 0 Å². The van der Waals surface area contributed by atoms with E-state index in [0.717, 1.165) is 25.9 Å². The van der Waals surface area contributed by atoms with Gasteiger partial charge in [0.1, 0.15) is 5.75 Å². The predicted molar refractivity (Wildman–Crippen MR) is 82.0 cm³/mol. The lowest BCUT2D eigenvalue weighted by Crippen LogP contribution is -2.34. The van der Waals surface area contributed by atoms with Crippen LogP contribution in [0, 0.1) is 10.1 Å². The van der Waals surface area contributed by atoms with Gasteiger partial charge in [-0.15, -0.1) is 0 Å². The third-order valence-corrected chi connectivity index (χ3v) is 3.52. The van der Waals surface area contributed by atoms with Gasteiger partial charge in [0.2, 0.25) is 5.91 Å². The molecule has 8 nitrogen and oxygen atoms in total. The number of ether oxygens (including phenoxy) is 1. The van der Waals surface area contributed by atoms with Crippen LogP contribution in [0.3, 0.4) is 0 Å². The first kappa shape index (κ1) is 16.7. The Labute approximate surface area is 133 Å². The molecule has 1 heterocycles. The molecule has 1 aromatic rings. The Morgan fingerprint density at radius 1 is 1.30 bits per heavy atom. The summed E-state index contributed by atoms with van der Waals surface area (Å²) >= 11 is 0. The van der Waals surface area contributed by atoms with E-state index in [1.807, 2.05) is 0 Å². The number of nitro groups is 1. The minimum atomic E-state index is -0.531. The summed E-state index contributed by atoms with van der Waals surface area (Å²) in [6.45, 7) is 1.59. The van der Waals surface area contributed by atoms with Gasteiger partial charge in [0.25, 0.3) is 11.6 Å². The first-order valence-corrected chi connectivity index (χ1v) is 7.48. The van der Waals surface area contributed by atoms with Crippen molar-refractivity contribution in [2.45, 2.75) is 19.3 Å². The van der Waals surface area contributed by atoms with E-state index in [1.54, 1.807) is 4.90 Å². The summed E-state index contributed by atoms with van der Waals surface area (Å²) < 4.78 is 5.20. The Balaban J connectivity index is 1.67. The molecule has 0 aliphatic carbocycles. The second-order valence-electron chi connectivity index (χ2n) is 5.23. The zero-order valence-electron chi connectivity index (χ0n) is 12.7. The van der Waals surface area contributed by atoms with Crippen LogP contribution in [-0.2, 0) is 9.59 Å². The molecule has 1 fully saturated rings. The van der Waals surface area contributed by atoms with Crippen molar-refractivity contribution in [1.82, 2.24) is 10.2 Å². The molecular weight excluding hydrogens is 302 g/mol. The van der Waals surface area contributed by atoms with Crippen LogP contribution in [0.4, 0.5) is 5.69 Å². The van der Waals surface area contributed by atoms with E-state index >= 15 is 0 Å². The Morgan fingerprint density at radius 3 is 2.74 bits per heavy atom. The highest BCUT2D eigenvalue weighted by Crippen LogP contribution is 2.18. The van der Waals surface area contributed by atoms with Gasteiger partial charge in [-0.3, -0.25) is 19.7 Å². The molecule has 2 amide bonds. The fraction of sp³-hybridized carbons (Fsp3) is 0.467. The summed E-state index contributed by atoms with van der Waals surface area (Å²) in [5, 5.41) is 13.2. The van der Waals surface area contributed by atoms with Crippen LogP contribution in [0.5, 0.6) is 5.75 Å². The number of nitro benzene ring substituents is 1. The molecule has 1 aliphatic heterocycles. The van der Waals surface area contributed by atoms with Crippen molar-refractivity contribution < 1.29 is 19.2 Å². The zero-order valence-corrected chi connectivity index (χ0v) is 12.7. The van der Waals surface area contributed by atoms with E-state index in [2.05, 4.69) is 5.32 Å². The fourth-order valence-electron chi connectivity index (χ4n) is 2.32. The normalized spacial score (nSPS) is 13.7. The summed E-state index contributed by atoms with van der Waals surface area (Å²) in [5.41, 5.74) is -0.0980. The van der Waals surface area contributed by atoms with Gasteiger partial charge in [-0.25, -0.2) is 0 Å². The smallest absolute Gasteiger partial charge is 0.273 e. The number of likely N-dealkylation sites (tertiary alicyclic amines) is 1. The van der Waals surface area contributed by atoms with Crippen LogP contribution in [0.1, 0.15) is 19.3 Å². The van der Waals surface area contributed by atoms with E-state index in [9.17, 15) is 19.7 Å². The molecule has 1 saturated heterocycles. The van der Waals surface area contributed by atoms with Gasteiger partial charge in [0.15, 0.2) is 6.61 Å². The van der Waals surface area contributed by atoms with Crippen LogP contribution in [-0.4, -0.2) is 47.9 Å². The van der Waals surface area contributed by atoms with Gasteiger partial charge in [0.05, 0.1) is 11.0 Å². The highest BCUT2D eigenvalue weighted by molar-refractivity contribution is 5.80. The van der Waals surface area contributed by atoms with E-state index < -0.39 is 4.92 Å². The van der Waals surface area contributed by atoms with Crippen molar-refractivity contribution in [3.63, 3.8) is 0 Å². The average molecular weight is 321 g/mol. The molecule has 0 unspecified atom stereocenters. The second-order valence-corrected chi connectivity index (χ2v) is 5.23. The van der Waals surface area contributed by atoms with Gasteiger partial charge >= 0.3 is 0 Å². The summed E-state index contributed by atoms with van der Waals surface area (Å²) in [4.78, 5) is 35.3. The van der Waals surface area contributed by atoms with Gasteiger partial charge in [-0.2, -0.15) is 0 Å². The molecule has 23 heavy (non-hydrogen) atoms. The van der Waals surface area contributed by atoms with E-state index in [1.165, 1.54) is 24.3 Å². The summed E-state index contributed by atoms with van der Waals surface area (Å²) in [5.74, 6) is -0.0735. The molecule has 1 aliphatic rings. The molecule has 0 aromatic heterocycles.